The van der Waals surface area contributed by atoms with Gasteiger partial charge in [0.1, 0.15) is 5.75 Å². The number of carbonyl (C=O) groups excluding carboxylic acids is 1. The summed E-state index contributed by atoms with van der Waals surface area (Å²) in [6.45, 7) is 0. The molecule has 0 amide bonds. The summed E-state index contributed by atoms with van der Waals surface area (Å²) in [5.74, 6) is 0.736. The van der Waals surface area contributed by atoms with E-state index in [9.17, 15) is 4.79 Å². The summed E-state index contributed by atoms with van der Waals surface area (Å²) in [6.07, 6.45) is 2.00. The number of rotatable bonds is 4. The fourth-order valence-electron chi connectivity index (χ4n) is 1.57. The van der Waals surface area contributed by atoms with Crippen LogP contribution in [0.1, 0.15) is 16.1 Å². The molecule has 0 unspecified atom stereocenters. The Morgan fingerprint density at radius 2 is 2.12 bits per heavy atom. The highest BCUT2D eigenvalue weighted by atomic mass is 16.5. The molecule has 3 heteroatoms. The molecule has 0 aliphatic heterocycles. The van der Waals surface area contributed by atoms with Crippen LogP contribution in [-0.2, 0) is 6.42 Å². The van der Waals surface area contributed by atoms with Gasteiger partial charge in [-0.25, -0.2) is 0 Å². The lowest BCUT2D eigenvalue weighted by Crippen LogP contribution is -2.04. The summed E-state index contributed by atoms with van der Waals surface area (Å²) >= 11 is 0. The van der Waals surface area contributed by atoms with Crippen molar-refractivity contribution in [2.45, 2.75) is 6.42 Å². The van der Waals surface area contributed by atoms with Crippen molar-refractivity contribution in [2.24, 2.45) is 0 Å². The van der Waals surface area contributed by atoms with Crippen molar-refractivity contribution < 1.29 is 9.53 Å². The quantitative estimate of drug-likeness (QED) is 0.753. The van der Waals surface area contributed by atoms with Crippen molar-refractivity contribution >= 4 is 5.78 Å². The van der Waals surface area contributed by atoms with Crippen LogP contribution in [0.3, 0.4) is 0 Å². The van der Waals surface area contributed by atoms with Gasteiger partial charge in [-0.2, -0.15) is 0 Å². The molecule has 0 aliphatic rings. The van der Waals surface area contributed by atoms with Gasteiger partial charge in [-0.05, 0) is 24.3 Å². The number of hydrogen-bond acceptors (Lipinski definition) is 3. The maximum absolute atomic E-state index is 12.0. The molecule has 1 aromatic carbocycles. The maximum Gasteiger partial charge on any atom is 0.168 e. The molecule has 0 atom stereocenters. The van der Waals surface area contributed by atoms with Gasteiger partial charge in [-0.3, -0.25) is 9.78 Å². The molecule has 0 bridgehead atoms. The second-order valence-electron chi connectivity index (χ2n) is 3.65. The summed E-state index contributed by atoms with van der Waals surface area (Å²) < 4.78 is 5.09. The Labute approximate surface area is 100 Å². The zero-order chi connectivity index (χ0) is 12.1. The van der Waals surface area contributed by atoms with Crippen LogP contribution >= 0.6 is 0 Å². The van der Waals surface area contributed by atoms with Gasteiger partial charge in [0.05, 0.1) is 13.5 Å². The number of Topliss-reactive ketones (excluding diaryl/α,β-unsaturated/α-hetero) is 1. The highest BCUT2D eigenvalue weighted by Gasteiger charge is 2.08. The van der Waals surface area contributed by atoms with Gasteiger partial charge in [0.25, 0.3) is 0 Å². The first-order valence-corrected chi connectivity index (χ1v) is 5.37. The van der Waals surface area contributed by atoms with E-state index in [0.29, 0.717) is 17.7 Å². The van der Waals surface area contributed by atoms with E-state index in [1.807, 2.05) is 30.3 Å². The summed E-state index contributed by atoms with van der Waals surface area (Å²) in [5, 5.41) is 0. The van der Waals surface area contributed by atoms with Crippen LogP contribution in [-0.4, -0.2) is 17.9 Å². The SMILES string of the molecule is COc1cccc(C(=O)Cc2ccccn2)c1. The lowest BCUT2D eigenvalue weighted by atomic mass is 10.1. The fourth-order valence-corrected chi connectivity index (χ4v) is 1.57. The molecular weight excluding hydrogens is 214 g/mol. The summed E-state index contributed by atoms with van der Waals surface area (Å²) in [5.41, 5.74) is 1.43. The second kappa shape index (κ2) is 5.25. The molecule has 17 heavy (non-hydrogen) atoms. The van der Waals surface area contributed by atoms with Gasteiger partial charge in [0.15, 0.2) is 5.78 Å². The smallest absolute Gasteiger partial charge is 0.168 e. The predicted molar refractivity (Wildman–Crippen MR) is 65.3 cm³/mol. The van der Waals surface area contributed by atoms with E-state index in [4.69, 9.17) is 4.74 Å². The molecule has 0 fully saturated rings. The van der Waals surface area contributed by atoms with Crippen LogP contribution < -0.4 is 4.74 Å². The van der Waals surface area contributed by atoms with Crippen molar-refractivity contribution in [3.05, 3.63) is 59.9 Å². The molecule has 3 nitrogen and oxygen atoms in total. The lowest BCUT2D eigenvalue weighted by molar-refractivity contribution is 0.0991. The largest absolute Gasteiger partial charge is 0.497 e. The highest BCUT2D eigenvalue weighted by molar-refractivity contribution is 5.97. The summed E-state index contributed by atoms with van der Waals surface area (Å²) in [4.78, 5) is 16.1. The van der Waals surface area contributed by atoms with Crippen LogP contribution in [0.5, 0.6) is 5.75 Å². The third kappa shape index (κ3) is 2.91. The first kappa shape index (κ1) is 11.3. The highest BCUT2D eigenvalue weighted by Crippen LogP contribution is 2.14. The van der Waals surface area contributed by atoms with Crippen LogP contribution in [0.15, 0.2) is 48.7 Å². The number of benzene rings is 1. The zero-order valence-corrected chi connectivity index (χ0v) is 9.59. The standard InChI is InChI=1S/C14H13NO2/c1-17-13-7-4-5-11(9-13)14(16)10-12-6-2-3-8-15-12/h2-9H,10H2,1H3. The third-order valence-corrected chi connectivity index (χ3v) is 2.46. The minimum absolute atomic E-state index is 0.0441. The molecule has 0 spiro atoms. The predicted octanol–water partition coefficient (Wildman–Crippen LogP) is 2.52. The molecule has 0 N–H and O–H groups in total. The molecule has 1 aromatic heterocycles. The van der Waals surface area contributed by atoms with Crippen molar-refractivity contribution in [2.75, 3.05) is 7.11 Å². The van der Waals surface area contributed by atoms with E-state index in [1.54, 1.807) is 25.4 Å². The fraction of sp³-hybridized carbons (Fsp3) is 0.143. The number of nitrogens with zero attached hydrogens (tertiary/aromatic N) is 1. The van der Waals surface area contributed by atoms with E-state index >= 15 is 0 Å². The Morgan fingerprint density at radius 3 is 2.82 bits per heavy atom. The molecule has 0 saturated heterocycles. The maximum atomic E-state index is 12.0. The molecular formula is C14H13NO2. The Kier molecular flexibility index (Phi) is 3.50. The monoisotopic (exact) mass is 227 g/mol. The molecule has 1 heterocycles. The Morgan fingerprint density at radius 1 is 1.24 bits per heavy atom. The average Bonchev–Trinajstić information content (AvgIpc) is 2.40. The van der Waals surface area contributed by atoms with Crippen LogP contribution in [0.25, 0.3) is 0 Å². The topological polar surface area (TPSA) is 39.2 Å². The van der Waals surface area contributed by atoms with Gasteiger partial charge >= 0.3 is 0 Å². The van der Waals surface area contributed by atoms with Crippen molar-refractivity contribution in [3.8, 4) is 5.75 Å². The number of carbonyl (C=O) groups is 1. The van der Waals surface area contributed by atoms with Crippen molar-refractivity contribution in [3.63, 3.8) is 0 Å². The molecule has 0 saturated carbocycles. The van der Waals surface area contributed by atoms with Crippen molar-refractivity contribution in [1.29, 1.82) is 0 Å². The second-order valence-corrected chi connectivity index (χ2v) is 3.65. The Hall–Kier alpha value is -2.16. The molecule has 0 aliphatic carbocycles. The molecule has 0 radical (unpaired) electrons. The summed E-state index contributed by atoms with van der Waals surface area (Å²) in [7, 11) is 1.59. The molecule has 86 valence electrons. The first-order chi connectivity index (χ1) is 8.29. The zero-order valence-electron chi connectivity index (χ0n) is 9.59. The van der Waals surface area contributed by atoms with E-state index in [1.165, 1.54) is 0 Å². The summed E-state index contributed by atoms with van der Waals surface area (Å²) in [6, 6.07) is 12.7. The van der Waals surface area contributed by atoms with Crippen LogP contribution in [0.2, 0.25) is 0 Å². The van der Waals surface area contributed by atoms with Crippen molar-refractivity contribution in [1.82, 2.24) is 4.98 Å². The molecule has 2 rings (SSSR count). The third-order valence-electron chi connectivity index (χ3n) is 2.46. The van der Waals surface area contributed by atoms with E-state index in [2.05, 4.69) is 4.98 Å². The average molecular weight is 227 g/mol. The molecule has 2 aromatic rings. The first-order valence-electron chi connectivity index (χ1n) is 5.37. The number of ketones is 1. The van der Waals surface area contributed by atoms with Gasteiger partial charge in [0, 0.05) is 17.5 Å². The normalized spacial score (nSPS) is 9.94. The van der Waals surface area contributed by atoms with Gasteiger partial charge < -0.3 is 4.74 Å². The van der Waals surface area contributed by atoms with E-state index in [-0.39, 0.29) is 5.78 Å². The minimum Gasteiger partial charge on any atom is -0.497 e. The van der Waals surface area contributed by atoms with E-state index in [0.717, 1.165) is 5.69 Å². The van der Waals surface area contributed by atoms with Gasteiger partial charge in [-0.1, -0.05) is 18.2 Å². The Balaban J connectivity index is 2.14. The Bertz CT molecular complexity index is 509. The number of pyridine rings is 1. The number of hydrogen-bond donors (Lipinski definition) is 0. The van der Waals surface area contributed by atoms with Crippen LogP contribution in [0.4, 0.5) is 0 Å². The number of aromatic nitrogens is 1. The van der Waals surface area contributed by atoms with Crippen LogP contribution in [0, 0.1) is 0 Å². The lowest BCUT2D eigenvalue weighted by Gasteiger charge is -2.03. The van der Waals surface area contributed by atoms with E-state index < -0.39 is 0 Å². The number of methoxy groups -OCH3 is 1. The number of ether oxygens (including phenoxy) is 1. The van der Waals surface area contributed by atoms with Gasteiger partial charge in [-0.15, -0.1) is 0 Å². The minimum atomic E-state index is 0.0441. The van der Waals surface area contributed by atoms with Gasteiger partial charge in [0.2, 0.25) is 0 Å².